The van der Waals surface area contributed by atoms with Crippen LogP contribution in [0, 0.1) is 12.8 Å². The fraction of sp³-hybridized carbons (Fsp3) is 0.515. The van der Waals surface area contributed by atoms with E-state index >= 15 is 0 Å². The normalized spacial score (nSPS) is 18.5. The number of aryl methyl sites for hydroxylation is 1. The van der Waals surface area contributed by atoms with Gasteiger partial charge in [0.05, 0.1) is 18.2 Å². The van der Waals surface area contributed by atoms with E-state index in [4.69, 9.17) is 14.2 Å². The van der Waals surface area contributed by atoms with Crippen LogP contribution in [0.5, 0.6) is 5.75 Å². The summed E-state index contributed by atoms with van der Waals surface area (Å²) >= 11 is 0. The van der Waals surface area contributed by atoms with Crippen molar-refractivity contribution in [3.05, 3.63) is 64.8 Å². The van der Waals surface area contributed by atoms with E-state index in [1.807, 2.05) is 72.7 Å². The molecular weight excluding hydrogens is 504 g/mol. The number of carbonyl (C=O) groups excluding carboxylic acids is 2. The van der Waals surface area contributed by atoms with E-state index in [-0.39, 0.29) is 18.0 Å². The molecule has 40 heavy (non-hydrogen) atoms. The number of benzene rings is 2. The summed E-state index contributed by atoms with van der Waals surface area (Å²) in [6.07, 6.45) is 3.25. The van der Waals surface area contributed by atoms with E-state index in [9.17, 15) is 9.59 Å². The lowest BCUT2D eigenvalue weighted by Crippen LogP contribution is -2.37. The number of nitrogens with zero attached hydrogens (tertiary/aromatic N) is 2. The van der Waals surface area contributed by atoms with Crippen LogP contribution < -0.4 is 4.74 Å². The summed E-state index contributed by atoms with van der Waals surface area (Å²) < 4.78 is 18.7. The highest BCUT2D eigenvalue weighted by Gasteiger charge is 2.32. The summed E-state index contributed by atoms with van der Waals surface area (Å²) in [4.78, 5) is 28.0. The fourth-order valence-electron chi connectivity index (χ4n) is 5.67. The van der Waals surface area contributed by atoms with Crippen molar-refractivity contribution in [2.45, 2.75) is 78.4 Å². The molecule has 1 aliphatic heterocycles. The average Bonchev–Trinajstić information content (AvgIpc) is 3.31. The molecule has 2 aromatic carbocycles. The number of hydrogen-bond donors (Lipinski definition) is 0. The first-order valence-corrected chi connectivity index (χ1v) is 14.1. The third-order valence-electron chi connectivity index (χ3n) is 7.44. The number of likely N-dealkylation sites (N-methyl/N-ethyl adjacent to an activating group) is 1. The fourth-order valence-corrected chi connectivity index (χ4v) is 5.67. The number of methoxy groups -OCH3 is 1. The number of aromatic nitrogens is 1. The topological polar surface area (TPSA) is 70.0 Å². The van der Waals surface area contributed by atoms with Crippen molar-refractivity contribution in [2.75, 3.05) is 27.2 Å². The molecule has 1 saturated heterocycles. The maximum atomic E-state index is 13.0. The summed E-state index contributed by atoms with van der Waals surface area (Å²) in [6, 6.07) is 11.9. The first-order chi connectivity index (χ1) is 18.7. The number of carbonyl (C=O) groups is 2. The first-order valence-electron chi connectivity index (χ1n) is 14.1. The van der Waals surface area contributed by atoms with Crippen molar-refractivity contribution in [3.8, 4) is 5.75 Å². The maximum Gasteiger partial charge on any atom is 0.419 e. The summed E-state index contributed by atoms with van der Waals surface area (Å²) in [6.45, 7) is 15.2. The Kier molecular flexibility index (Phi) is 8.36. The summed E-state index contributed by atoms with van der Waals surface area (Å²) in [5, 5.41) is 1.01. The van der Waals surface area contributed by atoms with Crippen LogP contribution >= 0.6 is 0 Å². The van der Waals surface area contributed by atoms with Gasteiger partial charge >= 0.3 is 12.1 Å². The van der Waals surface area contributed by atoms with Gasteiger partial charge in [-0.15, -0.1) is 0 Å². The van der Waals surface area contributed by atoms with Crippen LogP contribution in [0.15, 0.2) is 42.6 Å². The van der Waals surface area contributed by atoms with E-state index in [2.05, 4.69) is 24.1 Å². The van der Waals surface area contributed by atoms with Gasteiger partial charge in [0.2, 0.25) is 0 Å². The van der Waals surface area contributed by atoms with Crippen LogP contribution in [0.25, 0.3) is 10.9 Å². The van der Waals surface area contributed by atoms with Gasteiger partial charge in [-0.1, -0.05) is 12.1 Å². The molecule has 1 aromatic heterocycles. The quantitative estimate of drug-likeness (QED) is 0.321. The van der Waals surface area contributed by atoms with Gasteiger partial charge < -0.3 is 19.1 Å². The van der Waals surface area contributed by atoms with Crippen molar-refractivity contribution in [3.63, 3.8) is 0 Å². The smallest absolute Gasteiger partial charge is 0.419 e. The Morgan fingerprint density at radius 1 is 0.975 bits per heavy atom. The average molecular weight is 549 g/mol. The molecule has 0 radical (unpaired) electrons. The predicted octanol–water partition coefficient (Wildman–Crippen LogP) is 6.97. The van der Waals surface area contributed by atoms with E-state index in [0.29, 0.717) is 11.5 Å². The number of fused-ring (bicyclic) bond motifs is 1. The summed E-state index contributed by atoms with van der Waals surface area (Å²) in [7, 11) is 3.86. The number of likely N-dealkylation sites (tertiary alicyclic amines) is 1. The summed E-state index contributed by atoms with van der Waals surface area (Å²) in [5.74, 6) is 1.16. The highest BCUT2D eigenvalue weighted by Crippen LogP contribution is 2.40. The first kappa shape index (κ1) is 29.7. The zero-order chi connectivity index (χ0) is 29.4. The second kappa shape index (κ2) is 11.3. The third kappa shape index (κ3) is 6.69. The van der Waals surface area contributed by atoms with Gasteiger partial charge in [0.1, 0.15) is 17.0 Å². The minimum atomic E-state index is -0.586. The monoisotopic (exact) mass is 548 g/mol. The molecule has 7 heteroatoms. The Bertz CT molecular complexity index is 1380. The van der Waals surface area contributed by atoms with E-state index in [1.165, 1.54) is 5.56 Å². The Labute approximate surface area is 238 Å². The van der Waals surface area contributed by atoms with Crippen LogP contribution in [0.2, 0.25) is 0 Å². The highest BCUT2D eigenvalue weighted by atomic mass is 16.6. The Morgan fingerprint density at radius 3 is 2.23 bits per heavy atom. The largest absolute Gasteiger partial charge is 0.496 e. The molecular formula is C33H44N2O5. The van der Waals surface area contributed by atoms with Gasteiger partial charge in [-0.3, -0.25) is 4.57 Å². The van der Waals surface area contributed by atoms with E-state index in [0.717, 1.165) is 53.7 Å². The van der Waals surface area contributed by atoms with Gasteiger partial charge in [-0.25, -0.2) is 9.59 Å². The zero-order valence-corrected chi connectivity index (χ0v) is 25.5. The molecule has 0 bridgehead atoms. The van der Waals surface area contributed by atoms with Crippen LogP contribution in [0.3, 0.4) is 0 Å². The molecule has 0 spiro atoms. The molecule has 0 unspecified atom stereocenters. The van der Waals surface area contributed by atoms with Gasteiger partial charge in [-0.05, 0) is 122 Å². The number of ether oxygens (including phenoxy) is 3. The standard InChI is InChI=1S/C33H44N2O5/c1-21-18-28(38-9)26(25-15-17-35(29(21)25)31(37)40-33(5,6)7)19-24-14-16-34(8)20-27(24)22-10-12-23(13-11-22)30(36)39-32(2,3)4/h10-13,15,17-18,24,27H,14,16,19-20H2,1-9H3/t24-,27-/m0/s1. The lowest BCUT2D eigenvalue weighted by molar-refractivity contribution is 0.00691. The molecule has 7 nitrogen and oxygen atoms in total. The van der Waals surface area contributed by atoms with Crippen LogP contribution in [-0.4, -0.2) is 60.0 Å². The number of piperidine rings is 1. The summed E-state index contributed by atoms with van der Waals surface area (Å²) in [5.41, 5.74) is 3.57. The molecule has 1 aliphatic rings. The van der Waals surface area contributed by atoms with Crippen molar-refractivity contribution < 1.29 is 23.8 Å². The van der Waals surface area contributed by atoms with Crippen molar-refractivity contribution in [2.24, 2.45) is 5.92 Å². The molecule has 2 heterocycles. The Balaban J connectivity index is 1.67. The minimum absolute atomic E-state index is 0.278. The van der Waals surface area contributed by atoms with Crippen LogP contribution in [-0.2, 0) is 15.9 Å². The number of hydrogen-bond acceptors (Lipinski definition) is 6. The lowest BCUT2D eigenvalue weighted by atomic mass is 9.77. The molecule has 216 valence electrons. The molecule has 0 N–H and O–H groups in total. The second-order valence-corrected chi connectivity index (χ2v) is 13.0. The van der Waals surface area contributed by atoms with Crippen molar-refractivity contribution in [1.29, 1.82) is 0 Å². The van der Waals surface area contributed by atoms with E-state index < -0.39 is 11.2 Å². The molecule has 4 rings (SSSR count). The van der Waals surface area contributed by atoms with Crippen molar-refractivity contribution in [1.82, 2.24) is 9.47 Å². The number of esters is 1. The number of rotatable bonds is 5. The van der Waals surface area contributed by atoms with E-state index in [1.54, 1.807) is 17.9 Å². The predicted molar refractivity (Wildman–Crippen MR) is 159 cm³/mol. The van der Waals surface area contributed by atoms with Gasteiger partial charge in [0.25, 0.3) is 0 Å². The molecule has 1 fully saturated rings. The van der Waals surface area contributed by atoms with Gasteiger partial charge in [0, 0.05) is 23.7 Å². The Hall–Kier alpha value is -3.32. The van der Waals surface area contributed by atoms with Crippen LogP contribution in [0.4, 0.5) is 4.79 Å². The second-order valence-electron chi connectivity index (χ2n) is 13.0. The van der Waals surface area contributed by atoms with Gasteiger partial charge in [0.15, 0.2) is 0 Å². The van der Waals surface area contributed by atoms with Crippen molar-refractivity contribution >= 4 is 23.0 Å². The Morgan fingerprint density at radius 2 is 1.62 bits per heavy atom. The lowest BCUT2D eigenvalue weighted by Gasteiger charge is -2.37. The molecule has 0 saturated carbocycles. The molecule has 0 aliphatic carbocycles. The third-order valence-corrected chi connectivity index (χ3v) is 7.44. The molecule has 3 aromatic rings. The maximum absolute atomic E-state index is 13.0. The minimum Gasteiger partial charge on any atom is -0.496 e. The van der Waals surface area contributed by atoms with Crippen LogP contribution in [0.1, 0.15) is 80.9 Å². The molecule has 2 atom stereocenters. The zero-order valence-electron chi connectivity index (χ0n) is 25.5. The SMILES string of the molecule is COc1cc(C)c2c(ccn2C(=O)OC(C)(C)C)c1C[C@@H]1CCN(C)C[C@H]1c1ccc(C(=O)OC(C)(C)C)cc1. The highest BCUT2D eigenvalue weighted by molar-refractivity contribution is 5.95. The molecule has 0 amide bonds. The van der Waals surface area contributed by atoms with Gasteiger partial charge in [-0.2, -0.15) is 0 Å².